The van der Waals surface area contributed by atoms with E-state index in [0.717, 1.165) is 11.4 Å². The van der Waals surface area contributed by atoms with Crippen LogP contribution in [0.1, 0.15) is 22.3 Å². The van der Waals surface area contributed by atoms with Crippen molar-refractivity contribution in [2.45, 2.75) is 13.1 Å². The number of nitrogens with zero attached hydrogens (tertiary/aromatic N) is 2. The Morgan fingerprint density at radius 2 is 1.06 bits per heavy atom. The smallest absolute Gasteiger partial charge is 0.133 e. The Labute approximate surface area is 181 Å². The summed E-state index contributed by atoms with van der Waals surface area (Å²) < 4.78 is 15.2. The number of nitrogen functional groups attached to an aromatic ring is 2. The third kappa shape index (κ3) is 5.19. The Balaban J connectivity index is 1.73. The molecule has 3 rings (SSSR count). The summed E-state index contributed by atoms with van der Waals surface area (Å²) in [6, 6.07) is 20.1. The molecule has 0 aliphatic carbocycles. The van der Waals surface area contributed by atoms with Crippen LogP contribution in [0.25, 0.3) is 0 Å². The molecule has 0 aliphatic rings. The lowest BCUT2D eigenvalue weighted by atomic mass is 10.1. The fourth-order valence-corrected chi connectivity index (χ4v) is 3.36. The van der Waals surface area contributed by atoms with Gasteiger partial charge in [-0.25, -0.2) is 4.39 Å². The van der Waals surface area contributed by atoms with Crippen molar-refractivity contribution in [1.82, 2.24) is 0 Å². The van der Waals surface area contributed by atoms with Crippen molar-refractivity contribution in [3.63, 3.8) is 0 Å². The second-order valence-corrected chi connectivity index (χ2v) is 7.52. The molecule has 0 atom stereocenters. The Morgan fingerprint density at radius 1 is 0.710 bits per heavy atom. The average molecular weight is 419 g/mol. The molecule has 160 valence electrons. The number of nitrogens with one attached hydrogen (secondary N) is 2. The van der Waals surface area contributed by atoms with Crippen LogP contribution in [-0.2, 0) is 13.1 Å². The van der Waals surface area contributed by atoms with Crippen LogP contribution < -0.4 is 21.3 Å². The lowest BCUT2D eigenvalue weighted by Crippen LogP contribution is -2.20. The van der Waals surface area contributed by atoms with Gasteiger partial charge in [-0.15, -0.1) is 0 Å². The van der Waals surface area contributed by atoms with Gasteiger partial charge in [0.15, 0.2) is 0 Å². The molecule has 0 saturated carbocycles. The first kappa shape index (κ1) is 21.8. The summed E-state index contributed by atoms with van der Waals surface area (Å²) in [4.78, 5) is 3.91. The van der Waals surface area contributed by atoms with Crippen LogP contribution >= 0.6 is 0 Å². The van der Waals surface area contributed by atoms with Gasteiger partial charge < -0.3 is 21.3 Å². The predicted octanol–water partition coefficient (Wildman–Crippen LogP) is 3.67. The molecular weight excluding hydrogens is 391 g/mol. The summed E-state index contributed by atoms with van der Waals surface area (Å²) in [6.07, 6.45) is 0. The standard InChI is InChI=1S/C24H27FN6/c1-30(20-10-6-16(7-11-20)23(26)27)14-18-4-3-5-19(22(18)25)15-31(2)21-12-8-17(9-13-21)24(28)29/h3-13H,14-15H2,1-2H3,(H3,26,27)(H3,28,29). The van der Waals surface area contributed by atoms with Gasteiger partial charge in [0, 0.05) is 60.8 Å². The molecular formula is C24H27FN6. The normalized spacial score (nSPS) is 10.5. The summed E-state index contributed by atoms with van der Waals surface area (Å²) in [6.45, 7) is 0.826. The maximum absolute atomic E-state index is 15.2. The molecule has 0 unspecified atom stereocenters. The van der Waals surface area contributed by atoms with Crippen LogP contribution in [0.5, 0.6) is 0 Å². The first-order valence-corrected chi connectivity index (χ1v) is 9.83. The van der Waals surface area contributed by atoms with Gasteiger partial charge in [-0.3, -0.25) is 10.8 Å². The molecule has 0 bridgehead atoms. The van der Waals surface area contributed by atoms with Gasteiger partial charge in [0.05, 0.1) is 0 Å². The highest BCUT2D eigenvalue weighted by atomic mass is 19.1. The van der Waals surface area contributed by atoms with Crippen LogP contribution in [0.2, 0.25) is 0 Å². The summed E-state index contributed by atoms with van der Waals surface area (Å²) in [7, 11) is 3.80. The maximum atomic E-state index is 15.2. The Bertz CT molecular complexity index is 992. The highest BCUT2D eigenvalue weighted by Gasteiger charge is 2.13. The van der Waals surface area contributed by atoms with Crippen molar-refractivity contribution in [3.8, 4) is 0 Å². The lowest BCUT2D eigenvalue weighted by molar-refractivity contribution is 0.589. The van der Waals surface area contributed by atoms with Crippen molar-refractivity contribution in [2.24, 2.45) is 11.5 Å². The molecule has 0 spiro atoms. The second-order valence-electron chi connectivity index (χ2n) is 7.52. The van der Waals surface area contributed by atoms with Gasteiger partial charge >= 0.3 is 0 Å². The van der Waals surface area contributed by atoms with Gasteiger partial charge in [0.1, 0.15) is 17.5 Å². The van der Waals surface area contributed by atoms with Gasteiger partial charge in [-0.2, -0.15) is 0 Å². The van der Waals surface area contributed by atoms with Gasteiger partial charge in [0.2, 0.25) is 0 Å². The van der Waals surface area contributed by atoms with Crippen molar-refractivity contribution in [2.75, 3.05) is 23.9 Å². The van der Waals surface area contributed by atoms with E-state index in [1.807, 2.05) is 54.2 Å². The van der Waals surface area contributed by atoms with Gasteiger partial charge in [-0.05, 0) is 48.5 Å². The minimum Gasteiger partial charge on any atom is -0.384 e. The molecule has 31 heavy (non-hydrogen) atoms. The third-order valence-corrected chi connectivity index (χ3v) is 5.21. The molecule has 0 saturated heterocycles. The van der Waals surface area contributed by atoms with E-state index >= 15 is 4.39 Å². The number of halogens is 1. The third-order valence-electron chi connectivity index (χ3n) is 5.21. The second kappa shape index (κ2) is 9.30. The zero-order valence-electron chi connectivity index (χ0n) is 17.7. The van der Waals surface area contributed by atoms with Crippen LogP contribution in [0.15, 0.2) is 66.7 Å². The van der Waals surface area contributed by atoms with E-state index in [-0.39, 0.29) is 17.5 Å². The zero-order chi connectivity index (χ0) is 22.5. The van der Waals surface area contributed by atoms with Crippen molar-refractivity contribution in [1.29, 1.82) is 10.8 Å². The summed E-state index contributed by atoms with van der Waals surface area (Å²) >= 11 is 0. The minimum atomic E-state index is -0.220. The molecule has 0 fully saturated rings. The molecule has 0 amide bonds. The van der Waals surface area contributed by atoms with Crippen LogP contribution in [0, 0.1) is 16.6 Å². The minimum absolute atomic E-state index is 0.0213. The number of hydrogen-bond donors (Lipinski definition) is 4. The highest BCUT2D eigenvalue weighted by Crippen LogP contribution is 2.22. The van der Waals surface area contributed by atoms with E-state index < -0.39 is 0 Å². The number of rotatable bonds is 8. The number of benzene rings is 3. The largest absolute Gasteiger partial charge is 0.384 e. The molecule has 0 radical (unpaired) electrons. The number of hydrogen-bond acceptors (Lipinski definition) is 4. The fourth-order valence-electron chi connectivity index (χ4n) is 3.36. The first-order valence-electron chi connectivity index (χ1n) is 9.83. The molecule has 0 aromatic heterocycles. The van der Waals surface area contributed by atoms with Crippen LogP contribution in [0.3, 0.4) is 0 Å². The monoisotopic (exact) mass is 418 g/mol. The molecule has 7 heteroatoms. The Morgan fingerprint density at radius 3 is 1.39 bits per heavy atom. The summed E-state index contributed by atoms with van der Waals surface area (Å²) in [5.41, 5.74) is 15.4. The first-order chi connectivity index (χ1) is 14.8. The van der Waals surface area contributed by atoms with E-state index in [9.17, 15) is 0 Å². The van der Waals surface area contributed by atoms with E-state index in [0.29, 0.717) is 35.3 Å². The molecule has 6 nitrogen and oxygen atoms in total. The summed E-state index contributed by atoms with van der Waals surface area (Å²) in [5.74, 6) is -0.178. The highest BCUT2D eigenvalue weighted by molar-refractivity contribution is 5.95. The molecule has 3 aromatic rings. The van der Waals surface area contributed by atoms with Crippen LogP contribution in [0.4, 0.5) is 15.8 Å². The van der Waals surface area contributed by atoms with Crippen LogP contribution in [-0.4, -0.2) is 25.8 Å². The van der Waals surface area contributed by atoms with Gasteiger partial charge in [-0.1, -0.05) is 18.2 Å². The SMILES string of the molecule is CN(Cc1cccc(CN(C)c2ccc(C(=N)N)cc2)c1F)c1ccc(C(=N)N)cc1. The molecule has 3 aromatic carbocycles. The number of amidine groups is 2. The molecule has 0 heterocycles. The molecule has 6 N–H and O–H groups in total. The predicted molar refractivity (Wildman–Crippen MR) is 126 cm³/mol. The molecule has 0 aliphatic heterocycles. The maximum Gasteiger partial charge on any atom is 0.133 e. The lowest BCUT2D eigenvalue weighted by Gasteiger charge is -2.23. The number of nitrogens with two attached hydrogens (primary N) is 2. The van der Waals surface area contributed by atoms with Gasteiger partial charge in [0.25, 0.3) is 0 Å². The number of anilines is 2. The summed E-state index contributed by atoms with van der Waals surface area (Å²) in [5, 5.41) is 15.0. The average Bonchev–Trinajstić information content (AvgIpc) is 2.76. The van der Waals surface area contributed by atoms with E-state index in [1.54, 1.807) is 36.4 Å². The fraction of sp³-hybridized carbons (Fsp3) is 0.167. The van der Waals surface area contributed by atoms with E-state index in [4.69, 9.17) is 22.3 Å². The van der Waals surface area contributed by atoms with E-state index in [1.165, 1.54) is 0 Å². The Kier molecular flexibility index (Phi) is 6.55. The van der Waals surface area contributed by atoms with Crippen molar-refractivity contribution < 1.29 is 4.39 Å². The zero-order valence-corrected chi connectivity index (χ0v) is 17.7. The van der Waals surface area contributed by atoms with E-state index in [2.05, 4.69) is 0 Å². The Hall–Kier alpha value is -3.87. The van der Waals surface area contributed by atoms with Crippen molar-refractivity contribution >= 4 is 23.0 Å². The van der Waals surface area contributed by atoms with Crippen molar-refractivity contribution in [3.05, 3.63) is 94.8 Å². The quantitative estimate of drug-likeness (QED) is 0.331. The topological polar surface area (TPSA) is 106 Å².